The van der Waals surface area contributed by atoms with Crippen molar-refractivity contribution < 1.29 is 24.2 Å². The van der Waals surface area contributed by atoms with Crippen LogP contribution in [0, 0.1) is 20.2 Å². The van der Waals surface area contributed by atoms with Gasteiger partial charge in [-0.1, -0.05) is 12.1 Å². The summed E-state index contributed by atoms with van der Waals surface area (Å²) in [7, 11) is 1.28. The first-order valence-electron chi connectivity index (χ1n) is 7.01. The molecule has 11 nitrogen and oxygen atoms in total. The number of carbonyl (C=O) groups is 2. The number of amides is 2. The minimum Gasteiger partial charge on any atom is -0.495 e. The summed E-state index contributed by atoms with van der Waals surface area (Å²) >= 11 is 0. The van der Waals surface area contributed by atoms with Crippen LogP contribution in [0.25, 0.3) is 0 Å². The predicted molar refractivity (Wildman–Crippen MR) is 90.0 cm³/mol. The SMILES string of the molecule is COc1ccc([N+](=O)[O-])cc1NC(=O)C(=O)Nc1ccccc1[N+](=O)[O-]. The summed E-state index contributed by atoms with van der Waals surface area (Å²) in [4.78, 5) is 44.4. The number of nitro groups is 2. The van der Waals surface area contributed by atoms with Crippen LogP contribution in [0.4, 0.5) is 22.7 Å². The Kier molecular flexibility index (Phi) is 5.43. The molecule has 2 amide bonds. The second-order valence-electron chi connectivity index (χ2n) is 4.82. The molecular formula is C15H12N4O7. The van der Waals surface area contributed by atoms with Gasteiger partial charge < -0.3 is 15.4 Å². The molecule has 2 N–H and O–H groups in total. The lowest BCUT2D eigenvalue weighted by Crippen LogP contribution is -2.29. The van der Waals surface area contributed by atoms with Gasteiger partial charge in [0.25, 0.3) is 11.4 Å². The third-order valence-electron chi connectivity index (χ3n) is 3.20. The van der Waals surface area contributed by atoms with Crippen molar-refractivity contribution in [2.75, 3.05) is 17.7 Å². The Morgan fingerprint density at radius 2 is 1.54 bits per heavy atom. The highest BCUT2D eigenvalue weighted by molar-refractivity contribution is 6.44. The third-order valence-corrected chi connectivity index (χ3v) is 3.20. The highest BCUT2D eigenvalue weighted by atomic mass is 16.6. The van der Waals surface area contributed by atoms with E-state index in [0.29, 0.717) is 0 Å². The first kappa shape index (κ1) is 18.3. The molecule has 2 aromatic rings. The summed E-state index contributed by atoms with van der Waals surface area (Å²) in [5, 5.41) is 26.0. The van der Waals surface area contributed by atoms with Crippen molar-refractivity contribution in [2.45, 2.75) is 0 Å². The van der Waals surface area contributed by atoms with Crippen molar-refractivity contribution in [3.63, 3.8) is 0 Å². The van der Waals surface area contributed by atoms with Crippen molar-refractivity contribution >= 4 is 34.6 Å². The molecule has 2 aromatic carbocycles. The lowest BCUT2D eigenvalue weighted by Gasteiger charge is -2.10. The average Bonchev–Trinajstić information content (AvgIpc) is 2.61. The number of ether oxygens (including phenoxy) is 1. The fourth-order valence-electron chi connectivity index (χ4n) is 2.00. The number of anilines is 2. The lowest BCUT2D eigenvalue weighted by atomic mass is 10.2. The van der Waals surface area contributed by atoms with Crippen LogP contribution in [-0.4, -0.2) is 28.8 Å². The number of nitrogens with zero attached hydrogens (tertiary/aromatic N) is 2. The van der Waals surface area contributed by atoms with E-state index in [9.17, 15) is 29.8 Å². The molecule has 11 heteroatoms. The average molecular weight is 360 g/mol. The van der Waals surface area contributed by atoms with Gasteiger partial charge in [0.1, 0.15) is 11.4 Å². The minimum absolute atomic E-state index is 0.0931. The maximum absolute atomic E-state index is 12.0. The van der Waals surface area contributed by atoms with Crippen LogP contribution in [0.15, 0.2) is 42.5 Å². The zero-order chi connectivity index (χ0) is 19.3. The molecule has 0 aromatic heterocycles. The van der Waals surface area contributed by atoms with Crippen LogP contribution in [0.5, 0.6) is 5.75 Å². The molecule has 0 atom stereocenters. The number of carbonyl (C=O) groups excluding carboxylic acids is 2. The molecule has 0 aliphatic heterocycles. The van der Waals surface area contributed by atoms with Crippen molar-refractivity contribution in [1.82, 2.24) is 0 Å². The lowest BCUT2D eigenvalue weighted by molar-refractivity contribution is -0.384. The highest BCUT2D eigenvalue weighted by Crippen LogP contribution is 2.29. The van der Waals surface area contributed by atoms with E-state index in [0.717, 1.165) is 12.1 Å². The Balaban J connectivity index is 2.20. The van der Waals surface area contributed by atoms with Gasteiger partial charge in [-0.25, -0.2) is 0 Å². The van der Waals surface area contributed by atoms with Gasteiger partial charge >= 0.3 is 11.8 Å². The maximum Gasteiger partial charge on any atom is 0.314 e. The van der Waals surface area contributed by atoms with E-state index in [-0.39, 0.29) is 28.5 Å². The smallest absolute Gasteiger partial charge is 0.314 e. The molecule has 0 aliphatic rings. The van der Waals surface area contributed by atoms with E-state index in [1.165, 1.54) is 37.4 Å². The molecule has 26 heavy (non-hydrogen) atoms. The van der Waals surface area contributed by atoms with E-state index < -0.39 is 21.7 Å². The van der Waals surface area contributed by atoms with Gasteiger partial charge in [0.15, 0.2) is 0 Å². The van der Waals surface area contributed by atoms with E-state index in [4.69, 9.17) is 4.74 Å². The molecule has 134 valence electrons. The molecule has 2 rings (SSSR count). The zero-order valence-electron chi connectivity index (χ0n) is 13.3. The molecule has 0 bridgehead atoms. The topological polar surface area (TPSA) is 154 Å². The molecule has 0 saturated heterocycles. The van der Waals surface area contributed by atoms with Gasteiger partial charge in [-0.3, -0.25) is 29.8 Å². The fourth-order valence-corrected chi connectivity index (χ4v) is 2.00. The van der Waals surface area contributed by atoms with Gasteiger partial charge in [0, 0.05) is 18.2 Å². The summed E-state index contributed by atoms with van der Waals surface area (Å²) in [6.07, 6.45) is 0. The Morgan fingerprint density at radius 1 is 0.923 bits per heavy atom. The van der Waals surface area contributed by atoms with Gasteiger partial charge in [-0.2, -0.15) is 0 Å². The van der Waals surface area contributed by atoms with Gasteiger partial charge in [-0.05, 0) is 12.1 Å². The Labute approximate surface area is 145 Å². The Hall–Kier alpha value is -4.02. The molecule has 0 radical (unpaired) electrons. The Bertz CT molecular complexity index is 897. The van der Waals surface area contributed by atoms with Gasteiger partial charge in [0.05, 0.1) is 22.6 Å². The van der Waals surface area contributed by atoms with E-state index in [1.54, 1.807) is 0 Å². The summed E-state index contributed by atoms with van der Waals surface area (Å²) < 4.78 is 4.97. The molecule has 0 fully saturated rings. The van der Waals surface area contributed by atoms with Crippen LogP contribution in [0.2, 0.25) is 0 Å². The largest absolute Gasteiger partial charge is 0.495 e. The predicted octanol–water partition coefficient (Wildman–Crippen LogP) is 2.09. The van der Waals surface area contributed by atoms with Crippen molar-refractivity contribution in [3.05, 3.63) is 62.7 Å². The first-order chi connectivity index (χ1) is 12.3. The van der Waals surface area contributed by atoms with Crippen LogP contribution >= 0.6 is 0 Å². The number of nitrogens with one attached hydrogen (secondary N) is 2. The quantitative estimate of drug-likeness (QED) is 0.470. The molecule has 0 heterocycles. The van der Waals surface area contributed by atoms with E-state index in [1.807, 2.05) is 0 Å². The standard InChI is InChI=1S/C15H12N4O7/c1-26-13-7-6-9(18(22)23)8-11(13)17-15(21)14(20)16-10-4-2-3-5-12(10)19(24)25/h2-8H,1H3,(H,16,20)(H,17,21). The normalized spacial score (nSPS) is 9.88. The molecule has 0 spiro atoms. The second kappa shape index (κ2) is 7.70. The van der Waals surface area contributed by atoms with Crippen LogP contribution in [-0.2, 0) is 9.59 Å². The summed E-state index contributed by atoms with van der Waals surface area (Å²) in [6, 6.07) is 8.73. The fraction of sp³-hybridized carbons (Fsp3) is 0.0667. The number of hydrogen-bond acceptors (Lipinski definition) is 7. The van der Waals surface area contributed by atoms with Crippen LogP contribution in [0.1, 0.15) is 0 Å². The van der Waals surface area contributed by atoms with Gasteiger partial charge in [0.2, 0.25) is 0 Å². The Morgan fingerprint density at radius 3 is 2.12 bits per heavy atom. The number of non-ortho nitro benzene ring substituents is 1. The van der Waals surface area contributed by atoms with E-state index >= 15 is 0 Å². The van der Waals surface area contributed by atoms with Crippen molar-refractivity contribution in [2.24, 2.45) is 0 Å². The number of benzene rings is 2. The minimum atomic E-state index is -1.19. The molecule has 0 saturated carbocycles. The number of hydrogen-bond donors (Lipinski definition) is 2. The molecule has 0 aliphatic carbocycles. The van der Waals surface area contributed by atoms with Crippen molar-refractivity contribution in [1.29, 1.82) is 0 Å². The third kappa shape index (κ3) is 4.08. The van der Waals surface area contributed by atoms with Gasteiger partial charge in [-0.15, -0.1) is 0 Å². The summed E-state index contributed by atoms with van der Waals surface area (Å²) in [6.45, 7) is 0. The zero-order valence-corrected chi connectivity index (χ0v) is 13.3. The highest BCUT2D eigenvalue weighted by Gasteiger charge is 2.21. The number of rotatable bonds is 5. The summed E-state index contributed by atoms with van der Waals surface area (Å²) in [5.74, 6) is -2.27. The second-order valence-corrected chi connectivity index (χ2v) is 4.82. The number of para-hydroxylation sites is 2. The molecular weight excluding hydrogens is 348 g/mol. The van der Waals surface area contributed by atoms with Crippen molar-refractivity contribution in [3.8, 4) is 5.75 Å². The maximum atomic E-state index is 12.0. The first-order valence-corrected chi connectivity index (χ1v) is 7.01. The monoisotopic (exact) mass is 360 g/mol. The number of methoxy groups -OCH3 is 1. The van der Waals surface area contributed by atoms with Crippen LogP contribution < -0.4 is 15.4 Å². The summed E-state index contributed by atoms with van der Waals surface area (Å²) in [5.41, 5.74) is -0.963. The van der Waals surface area contributed by atoms with Crippen LogP contribution in [0.3, 0.4) is 0 Å². The number of nitro benzene ring substituents is 2. The molecule has 0 unspecified atom stereocenters. The van der Waals surface area contributed by atoms with E-state index in [2.05, 4.69) is 10.6 Å².